The first-order valence-electron chi connectivity index (χ1n) is 8.92. The topological polar surface area (TPSA) is 58.6 Å². The van der Waals surface area contributed by atoms with Gasteiger partial charge in [-0.25, -0.2) is 9.18 Å². The van der Waals surface area contributed by atoms with Crippen LogP contribution in [0.15, 0.2) is 29.2 Å². The van der Waals surface area contributed by atoms with E-state index in [1.807, 2.05) is 20.8 Å². The molecule has 7 heteroatoms. The van der Waals surface area contributed by atoms with Crippen LogP contribution in [-0.2, 0) is 9.53 Å². The molecule has 0 radical (unpaired) electrons. The lowest BCUT2D eigenvalue weighted by Gasteiger charge is -2.28. The maximum Gasteiger partial charge on any atom is 0.410 e. The Hall–Kier alpha value is -1.76. The lowest BCUT2D eigenvalue weighted by atomic mass is 10.2. The fourth-order valence-corrected chi connectivity index (χ4v) is 3.55. The Balaban J connectivity index is 1.71. The van der Waals surface area contributed by atoms with Gasteiger partial charge in [-0.3, -0.25) is 9.69 Å². The SMILES string of the molecule is CC(C)(C)OC(=O)N1CCCC1C(=O)NCCCSc1ccc(F)cc1. The Bertz CT molecular complexity index is 616. The van der Waals surface area contributed by atoms with Crippen molar-refractivity contribution in [2.45, 2.75) is 56.6 Å². The van der Waals surface area contributed by atoms with Crippen LogP contribution in [-0.4, -0.2) is 47.4 Å². The number of nitrogens with one attached hydrogen (secondary N) is 1. The number of rotatable bonds is 6. The van der Waals surface area contributed by atoms with Gasteiger partial charge in [0.25, 0.3) is 0 Å². The van der Waals surface area contributed by atoms with Crippen LogP contribution in [0.1, 0.15) is 40.0 Å². The molecule has 0 saturated carbocycles. The van der Waals surface area contributed by atoms with Gasteiger partial charge in [-0.15, -0.1) is 11.8 Å². The Labute approximate surface area is 158 Å². The van der Waals surface area contributed by atoms with Gasteiger partial charge >= 0.3 is 6.09 Å². The first kappa shape index (κ1) is 20.6. The smallest absolute Gasteiger partial charge is 0.410 e. The second-order valence-corrected chi connectivity index (χ2v) is 8.45. The average molecular weight is 383 g/mol. The van der Waals surface area contributed by atoms with Gasteiger partial charge in [-0.2, -0.15) is 0 Å². The van der Waals surface area contributed by atoms with Crippen LogP contribution < -0.4 is 5.32 Å². The zero-order valence-corrected chi connectivity index (χ0v) is 16.4. The molecule has 1 N–H and O–H groups in total. The molecule has 0 spiro atoms. The number of likely N-dealkylation sites (tertiary alicyclic amines) is 1. The molecular formula is C19H27FN2O3S. The summed E-state index contributed by atoms with van der Waals surface area (Å²) in [4.78, 5) is 27.1. The van der Waals surface area contributed by atoms with Gasteiger partial charge in [-0.05, 0) is 70.1 Å². The Morgan fingerprint density at radius 3 is 2.65 bits per heavy atom. The summed E-state index contributed by atoms with van der Waals surface area (Å²) in [6.07, 6.45) is 1.84. The summed E-state index contributed by atoms with van der Waals surface area (Å²) in [6.45, 7) is 6.54. The monoisotopic (exact) mass is 382 g/mol. The minimum absolute atomic E-state index is 0.125. The zero-order valence-electron chi connectivity index (χ0n) is 15.6. The highest BCUT2D eigenvalue weighted by Crippen LogP contribution is 2.21. The number of carbonyl (C=O) groups is 2. The summed E-state index contributed by atoms with van der Waals surface area (Å²) in [6, 6.07) is 5.92. The van der Waals surface area contributed by atoms with E-state index < -0.39 is 17.7 Å². The van der Waals surface area contributed by atoms with Crippen LogP contribution >= 0.6 is 11.8 Å². The van der Waals surface area contributed by atoms with Crippen molar-refractivity contribution < 1.29 is 18.7 Å². The van der Waals surface area contributed by atoms with E-state index in [2.05, 4.69) is 5.32 Å². The number of halogens is 1. The number of hydrogen-bond donors (Lipinski definition) is 1. The molecule has 2 rings (SSSR count). The zero-order chi connectivity index (χ0) is 19.2. The van der Waals surface area contributed by atoms with Crippen molar-refractivity contribution >= 4 is 23.8 Å². The van der Waals surface area contributed by atoms with Gasteiger partial charge in [0.15, 0.2) is 0 Å². The molecule has 1 aliphatic heterocycles. The molecule has 0 aromatic heterocycles. The lowest BCUT2D eigenvalue weighted by Crippen LogP contribution is -2.47. The van der Waals surface area contributed by atoms with Crippen LogP contribution in [0.3, 0.4) is 0 Å². The van der Waals surface area contributed by atoms with E-state index in [1.54, 1.807) is 23.9 Å². The number of amides is 2. The molecule has 0 aliphatic carbocycles. The van der Waals surface area contributed by atoms with Crippen LogP contribution in [0.25, 0.3) is 0 Å². The van der Waals surface area contributed by atoms with E-state index in [-0.39, 0.29) is 11.7 Å². The van der Waals surface area contributed by atoms with Crippen molar-refractivity contribution in [2.75, 3.05) is 18.8 Å². The molecule has 1 saturated heterocycles. The second-order valence-electron chi connectivity index (χ2n) is 7.28. The highest BCUT2D eigenvalue weighted by molar-refractivity contribution is 7.99. The molecule has 1 fully saturated rings. The number of hydrogen-bond acceptors (Lipinski definition) is 4. The average Bonchev–Trinajstić information content (AvgIpc) is 3.04. The van der Waals surface area contributed by atoms with Crippen LogP contribution in [0, 0.1) is 5.82 Å². The number of carbonyl (C=O) groups excluding carboxylic acids is 2. The quantitative estimate of drug-likeness (QED) is 0.600. The molecule has 1 aromatic rings. The van der Waals surface area contributed by atoms with Crippen molar-refractivity contribution in [3.05, 3.63) is 30.1 Å². The first-order valence-corrected chi connectivity index (χ1v) is 9.90. The molecule has 1 heterocycles. The minimum Gasteiger partial charge on any atom is -0.444 e. The van der Waals surface area contributed by atoms with Crippen molar-refractivity contribution in [3.63, 3.8) is 0 Å². The fourth-order valence-electron chi connectivity index (χ4n) is 2.70. The van der Waals surface area contributed by atoms with E-state index in [4.69, 9.17) is 4.74 Å². The largest absolute Gasteiger partial charge is 0.444 e. The molecule has 1 aromatic carbocycles. The molecule has 144 valence electrons. The number of ether oxygens (including phenoxy) is 1. The minimum atomic E-state index is -0.571. The summed E-state index contributed by atoms with van der Waals surface area (Å²) < 4.78 is 18.2. The summed E-state index contributed by atoms with van der Waals surface area (Å²) in [5.41, 5.74) is -0.571. The molecular weight excluding hydrogens is 355 g/mol. The van der Waals surface area contributed by atoms with Gasteiger partial charge < -0.3 is 10.1 Å². The normalized spacial score (nSPS) is 17.2. The molecule has 5 nitrogen and oxygen atoms in total. The Morgan fingerprint density at radius 1 is 1.31 bits per heavy atom. The number of thioether (sulfide) groups is 1. The molecule has 1 unspecified atom stereocenters. The van der Waals surface area contributed by atoms with Crippen LogP contribution in [0.2, 0.25) is 0 Å². The van der Waals surface area contributed by atoms with Gasteiger partial charge in [0.05, 0.1) is 0 Å². The summed E-state index contributed by atoms with van der Waals surface area (Å²) >= 11 is 1.62. The molecule has 1 aliphatic rings. The predicted molar refractivity (Wildman–Crippen MR) is 101 cm³/mol. The lowest BCUT2D eigenvalue weighted by molar-refractivity contribution is -0.125. The van der Waals surface area contributed by atoms with E-state index in [0.717, 1.165) is 23.5 Å². The third kappa shape index (κ3) is 6.52. The third-order valence-corrected chi connectivity index (χ3v) is 4.98. The van der Waals surface area contributed by atoms with Gasteiger partial charge in [0, 0.05) is 18.0 Å². The van der Waals surface area contributed by atoms with E-state index in [1.165, 1.54) is 17.0 Å². The summed E-state index contributed by atoms with van der Waals surface area (Å²) in [7, 11) is 0. The molecule has 0 bridgehead atoms. The van der Waals surface area contributed by atoms with E-state index in [0.29, 0.717) is 19.5 Å². The molecule has 26 heavy (non-hydrogen) atoms. The van der Waals surface area contributed by atoms with Crippen LogP contribution in [0.5, 0.6) is 0 Å². The number of benzene rings is 1. The van der Waals surface area contributed by atoms with Gasteiger partial charge in [0.1, 0.15) is 17.5 Å². The standard InChI is InChI=1S/C19H27FN2O3S/c1-19(2,3)25-18(24)22-12-4-6-16(22)17(23)21-11-5-13-26-15-9-7-14(20)8-10-15/h7-10,16H,4-6,11-13H2,1-3H3,(H,21,23). The highest BCUT2D eigenvalue weighted by atomic mass is 32.2. The molecule has 2 amide bonds. The van der Waals surface area contributed by atoms with Crippen molar-refractivity contribution in [2.24, 2.45) is 0 Å². The van der Waals surface area contributed by atoms with Crippen LogP contribution in [0.4, 0.5) is 9.18 Å². The van der Waals surface area contributed by atoms with Gasteiger partial charge in [0.2, 0.25) is 5.91 Å². The molecule has 1 atom stereocenters. The second kappa shape index (κ2) is 9.26. The highest BCUT2D eigenvalue weighted by Gasteiger charge is 2.36. The summed E-state index contributed by atoms with van der Waals surface area (Å²) in [5.74, 6) is 0.458. The maximum atomic E-state index is 12.9. The predicted octanol–water partition coefficient (Wildman–Crippen LogP) is 3.82. The van der Waals surface area contributed by atoms with Crippen molar-refractivity contribution in [3.8, 4) is 0 Å². The van der Waals surface area contributed by atoms with Crippen molar-refractivity contribution in [1.82, 2.24) is 10.2 Å². The van der Waals surface area contributed by atoms with E-state index >= 15 is 0 Å². The Morgan fingerprint density at radius 2 is 2.00 bits per heavy atom. The van der Waals surface area contributed by atoms with Crippen molar-refractivity contribution in [1.29, 1.82) is 0 Å². The van der Waals surface area contributed by atoms with E-state index in [9.17, 15) is 14.0 Å². The summed E-state index contributed by atoms with van der Waals surface area (Å²) in [5, 5.41) is 2.91. The fraction of sp³-hybridized carbons (Fsp3) is 0.579. The maximum absolute atomic E-state index is 12.9. The first-order chi connectivity index (χ1) is 12.3. The third-order valence-electron chi connectivity index (χ3n) is 3.89. The Kier molecular flexibility index (Phi) is 7.32. The number of nitrogens with zero attached hydrogens (tertiary/aromatic N) is 1. The van der Waals surface area contributed by atoms with Gasteiger partial charge in [-0.1, -0.05) is 0 Å².